The lowest BCUT2D eigenvalue weighted by Crippen LogP contribution is -2.61. The maximum absolute atomic E-state index is 14.6. The molecule has 0 aliphatic carbocycles. The smallest absolute Gasteiger partial charge is 0.239 e. The van der Waals surface area contributed by atoms with E-state index < -0.39 is 84.9 Å². The van der Waals surface area contributed by atoms with E-state index in [1.807, 2.05) is 91.0 Å². The molecule has 16 nitrogen and oxygen atoms in total. The Labute approximate surface area is 366 Å². The van der Waals surface area contributed by atoms with Gasteiger partial charge in [0.2, 0.25) is 17.5 Å². The van der Waals surface area contributed by atoms with Crippen LogP contribution in [0.2, 0.25) is 0 Å². The van der Waals surface area contributed by atoms with Gasteiger partial charge < -0.3 is 73.3 Å². The topological polar surface area (TPSA) is 236 Å². The minimum atomic E-state index is -1.96. The van der Waals surface area contributed by atoms with Crippen molar-refractivity contribution in [2.75, 3.05) is 6.61 Å². The van der Waals surface area contributed by atoms with Crippen molar-refractivity contribution in [3.63, 3.8) is 0 Å². The average Bonchev–Trinajstić information content (AvgIpc) is 3.31. The van der Waals surface area contributed by atoms with E-state index in [0.717, 1.165) is 16.7 Å². The molecule has 1 aromatic heterocycles. The number of benzene rings is 5. The summed E-state index contributed by atoms with van der Waals surface area (Å²) in [6.45, 7) is 1.36. The first-order valence-corrected chi connectivity index (χ1v) is 20.6. The molecule has 2 fully saturated rings. The molecular weight excluding hydrogens is 833 g/mol. The molecule has 0 spiro atoms. The molecule has 2 saturated heterocycles. The highest BCUT2D eigenvalue weighted by Crippen LogP contribution is 2.41. The standard InChI is InChI=1S/C48H48O16/c1-26-38(50)41(53)43(55)47(61-26)60-25-36-39(51)42(54)44(56)48(63-36)64-46-40(52)37-32(49)20-31(57-22-27-11-5-2-6-12-27)21-35(37)62-45(46)30-17-18-33(58-23-28-13-7-3-8-14-28)34(19-30)59-24-29-15-9-4-10-16-29/h2-21,26,36,38-39,41-44,47-51,53-56H,22-25H2,1H3/t26-,36+,38-,39+,41+,42-,43+,44+,47+,48-/m0/s1. The molecule has 0 saturated carbocycles. The van der Waals surface area contributed by atoms with E-state index in [0.29, 0.717) is 5.75 Å². The predicted molar refractivity (Wildman–Crippen MR) is 228 cm³/mol. The van der Waals surface area contributed by atoms with E-state index >= 15 is 0 Å². The molecule has 0 amide bonds. The van der Waals surface area contributed by atoms with Crippen molar-refractivity contribution in [1.29, 1.82) is 0 Å². The summed E-state index contributed by atoms with van der Waals surface area (Å²) in [4.78, 5) is 14.6. The molecule has 2 aliphatic heterocycles. The molecule has 7 N–H and O–H groups in total. The van der Waals surface area contributed by atoms with Gasteiger partial charge in [-0.3, -0.25) is 4.79 Å². The lowest BCUT2D eigenvalue weighted by molar-refractivity contribution is -0.318. The van der Waals surface area contributed by atoms with Gasteiger partial charge in [0.15, 0.2) is 23.5 Å². The third kappa shape index (κ3) is 9.85. The molecule has 8 rings (SSSR count). The Hall–Kier alpha value is -6.05. The van der Waals surface area contributed by atoms with Crippen LogP contribution in [0.4, 0.5) is 0 Å². The van der Waals surface area contributed by atoms with Crippen molar-refractivity contribution in [1.82, 2.24) is 0 Å². The van der Waals surface area contributed by atoms with Crippen molar-refractivity contribution in [3.8, 4) is 40.1 Å². The van der Waals surface area contributed by atoms with E-state index in [-0.39, 0.29) is 53.6 Å². The minimum absolute atomic E-state index is 0.0917. The number of hydrogen-bond donors (Lipinski definition) is 7. The highest BCUT2D eigenvalue weighted by atomic mass is 16.7. The first-order chi connectivity index (χ1) is 30.9. The summed E-state index contributed by atoms with van der Waals surface area (Å²) in [5.74, 6) is -0.475. The van der Waals surface area contributed by atoms with Gasteiger partial charge in [0.25, 0.3) is 0 Å². The van der Waals surface area contributed by atoms with Gasteiger partial charge in [0, 0.05) is 17.7 Å². The van der Waals surface area contributed by atoms with E-state index in [1.165, 1.54) is 19.1 Å². The molecule has 16 heteroatoms. The summed E-state index contributed by atoms with van der Waals surface area (Å²) in [5.41, 5.74) is 1.84. The first-order valence-electron chi connectivity index (χ1n) is 20.6. The van der Waals surface area contributed by atoms with Crippen LogP contribution in [0, 0.1) is 0 Å². The molecule has 10 atom stereocenters. The summed E-state index contributed by atoms with van der Waals surface area (Å²) in [6, 6.07) is 35.7. The van der Waals surface area contributed by atoms with E-state index in [9.17, 15) is 40.5 Å². The van der Waals surface area contributed by atoms with Gasteiger partial charge in [0.1, 0.15) is 85.0 Å². The fraction of sp³-hybridized carbons (Fsp3) is 0.312. The SMILES string of the molecule is C[C@@H]1O[C@@H](OC[C@H]2O[C@@H](Oc3c(-c4ccc(OCc5ccccc5)c(OCc5ccccc5)c4)oc4cc(OCc5ccccc5)cc(O)c4c3=O)[C@H](O)[C@@H](O)[C@@H]2O)[C@H](O)[C@H](O)[C@H]1O. The molecule has 0 radical (unpaired) electrons. The molecule has 0 unspecified atom stereocenters. The van der Waals surface area contributed by atoms with E-state index in [4.69, 9.17) is 37.6 Å². The summed E-state index contributed by atoms with van der Waals surface area (Å²) in [6.07, 6.45) is -16.1. The van der Waals surface area contributed by atoms with Crippen LogP contribution in [-0.4, -0.2) is 104 Å². The number of aliphatic hydroxyl groups is 6. The third-order valence-corrected chi connectivity index (χ3v) is 11.0. The highest BCUT2D eigenvalue weighted by Gasteiger charge is 2.48. The number of aromatic hydroxyl groups is 1. The molecule has 5 aromatic carbocycles. The Morgan fingerprint density at radius 1 is 0.578 bits per heavy atom. The largest absolute Gasteiger partial charge is 0.507 e. The lowest BCUT2D eigenvalue weighted by atomic mass is 9.98. The molecule has 64 heavy (non-hydrogen) atoms. The summed E-state index contributed by atoms with van der Waals surface area (Å²) in [5, 5.41) is 75.0. The Bertz CT molecular complexity index is 2540. The van der Waals surface area contributed by atoms with Gasteiger partial charge in [-0.15, -0.1) is 0 Å². The van der Waals surface area contributed by atoms with Crippen molar-refractivity contribution < 1.29 is 73.3 Å². The Morgan fingerprint density at radius 3 is 1.77 bits per heavy atom. The van der Waals surface area contributed by atoms with Gasteiger partial charge in [0.05, 0.1) is 12.7 Å². The molecule has 0 bridgehead atoms. The Kier molecular flexibility index (Phi) is 13.8. The fourth-order valence-corrected chi connectivity index (χ4v) is 7.34. The zero-order valence-electron chi connectivity index (χ0n) is 34.5. The number of phenolic OH excluding ortho intramolecular Hbond substituents is 1. The van der Waals surface area contributed by atoms with Gasteiger partial charge >= 0.3 is 0 Å². The van der Waals surface area contributed by atoms with Gasteiger partial charge in [-0.1, -0.05) is 91.0 Å². The Morgan fingerprint density at radius 2 is 1.14 bits per heavy atom. The van der Waals surface area contributed by atoms with Crippen LogP contribution < -0.4 is 24.4 Å². The van der Waals surface area contributed by atoms with Crippen LogP contribution in [0.1, 0.15) is 23.6 Å². The molecule has 6 aromatic rings. The number of aliphatic hydroxyl groups excluding tert-OH is 6. The zero-order valence-corrected chi connectivity index (χ0v) is 34.5. The van der Waals surface area contributed by atoms with Crippen molar-refractivity contribution in [3.05, 3.63) is 148 Å². The predicted octanol–water partition coefficient (Wildman–Crippen LogP) is 3.93. The molecular formula is C48H48O16. The number of phenols is 1. The summed E-state index contributed by atoms with van der Waals surface area (Å²) < 4.78 is 48.1. The minimum Gasteiger partial charge on any atom is -0.507 e. The van der Waals surface area contributed by atoms with Gasteiger partial charge in [-0.25, -0.2) is 0 Å². The average molecular weight is 881 g/mol. The summed E-state index contributed by atoms with van der Waals surface area (Å²) >= 11 is 0. The van der Waals surface area contributed by atoms with E-state index in [1.54, 1.807) is 18.2 Å². The molecule has 336 valence electrons. The lowest BCUT2D eigenvalue weighted by Gasteiger charge is -2.42. The van der Waals surface area contributed by atoms with Gasteiger partial charge in [-0.05, 0) is 41.8 Å². The second-order valence-corrected chi connectivity index (χ2v) is 15.5. The van der Waals surface area contributed by atoms with Crippen LogP contribution in [0.25, 0.3) is 22.3 Å². The summed E-state index contributed by atoms with van der Waals surface area (Å²) in [7, 11) is 0. The second kappa shape index (κ2) is 19.8. The van der Waals surface area contributed by atoms with E-state index in [2.05, 4.69) is 0 Å². The Balaban J connectivity index is 1.16. The quantitative estimate of drug-likeness (QED) is 0.0774. The third-order valence-electron chi connectivity index (χ3n) is 11.0. The van der Waals surface area contributed by atoms with Crippen molar-refractivity contribution in [2.24, 2.45) is 0 Å². The highest BCUT2D eigenvalue weighted by molar-refractivity contribution is 5.88. The number of hydrogen-bond acceptors (Lipinski definition) is 16. The second-order valence-electron chi connectivity index (χ2n) is 15.5. The van der Waals surface area contributed by atoms with Crippen LogP contribution in [0.3, 0.4) is 0 Å². The number of ether oxygens (including phenoxy) is 7. The van der Waals surface area contributed by atoms with Crippen LogP contribution in [0.15, 0.2) is 131 Å². The van der Waals surface area contributed by atoms with Crippen LogP contribution in [-0.2, 0) is 34.0 Å². The van der Waals surface area contributed by atoms with Gasteiger partial charge in [-0.2, -0.15) is 0 Å². The number of fused-ring (bicyclic) bond motifs is 1. The van der Waals surface area contributed by atoms with Crippen molar-refractivity contribution in [2.45, 2.75) is 88.2 Å². The normalized spacial score (nSPS) is 25.7. The van der Waals surface area contributed by atoms with Crippen molar-refractivity contribution >= 4 is 11.0 Å². The number of rotatable bonds is 15. The van der Waals surface area contributed by atoms with Crippen LogP contribution >= 0.6 is 0 Å². The maximum atomic E-state index is 14.6. The first kappa shape index (κ1) is 44.6. The molecule has 2 aliphatic rings. The maximum Gasteiger partial charge on any atom is 0.239 e. The van der Waals surface area contributed by atoms with Crippen LogP contribution in [0.5, 0.6) is 28.7 Å². The molecule has 3 heterocycles. The monoisotopic (exact) mass is 880 g/mol. The fourth-order valence-electron chi connectivity index (χ4n) is 7.34. The zero-order chi connectivity index (χ0) is 44.9.